The maximum absolute atomic E-state index is 13.8. The van der Waals surface area contributed by atoms with Gasteiger partial charge in [-0.05, 0) is 93.3 Å². The van der Waals surface area contributed by atoms with Gasteiger partial charge < -0.3 is 10.0 Å². The Hall–Kier alpha value is -1.27. The van der Waals surface area contributed by atoms with Crippen LogP contribution in [0.25, 0.3) is 5.57 Å². The van der Waals surface area contributed by atoms with Crippen molar-refractivity contribution < 1.29 is 14.7 Å². The van der Waals surface area contributed by atoms with E-state index in [1.165, 1.54) is 23.3 Å². The molecule has 0 spiro atoms. The summed E-state index contributed by atoms with van der Waals surface area (Å²) in [6.45, 7) is 2.27. The molecule has 2 heterocycles. The lowest BCUT2D eigenvalue weighted by Gasteiger charge is -2.37. The van der Waals surface area contributed by atoms with E-state index in [0.717, 1.165) is 74.2 Å². The first-order chi connectivity index (χ1) is 14.5. The molecule has 1 N–H and O–H groups in total. The number of carbonyl (C=O) groups excluding carboxylic acids is 1. The van der Waals surface area contributed by atoms with Crippen molar-refractivity contribution in [3.8, 4) is 0 Å². The average molecular weight is 448 g/mol. The summed E-state index contributed by atoms with van der Waals surface area (Å²) in [6, 6.07) is 2.15. The highest BCUT2D eigenvalue weighted by atomic mass is 32.2. The van der Waals surface area contributed by atoms with Crippen molar-refractivity contribution >= 4 is 46.2 Å². The van der Waals surface area contributed by atoms with Crippen molar-refractivity contribution in [3.05, 3.63) is 21.9 Å². The smallest absolute Gasteiger partial charge is 0.348 e. The zero-order valence-corrected chi connectivity index (χ0v) is 19.5. The lowest BCUT2D eigenvalue weighted by Crippen LogP contribution is -2.46. The summed E-state index contributed by atoms with van der Waals surface area (Å²) in [6.07, 6.45) is 12.7. The van der Waals surface area contributed by atoms with E-state index in [2.05, 4.69) is 13.0 Å². The first-order valence-electron chi connectivity index (χ1n) is 11.5. The quantitative estimate of drug-likeness (QED) is 0.563. The molecule has 0 radical (unpaired) electrons. The molecule has 4 rings (SSSR count). The Labute approximate surface area is 188 Å². The van der Waals surface area contributed by atoms with Crippen molar-refractivity contribution in [2.45, 2.75) is 77.2 Å². The number of rotatable bonds is 5. The first kappa shape index (κ1) is 21.9. The van der Waals surface area contributed by atoms with Gasteiger partial charge in [0.05, 0.1) is 5.69 Å². The van der Waals surface area contributed by atoms with E-state index in [9.17, 15) is 14.7 Å². The molecule has 1 saturated heterocycles. The van der Waals surface area contributed by atoms with Crippen LogP contribution < -0.4 is 4.90 Å². The first-order valence-corrected chi connectivity index (χ1v) is 13.5. The number of hydrogen-bond acceptors (Lipinski definition) is 4. The van der Waals surface area contributed by atoms with Gasteiger partial charge in [0.15, 0.2) is 0 Å². The molecule has 2 fully saturated rings. The number of thiophene rings is 1. The van der Waals surface area contributed by atoms with E-state index in [4.69, 9.17) is 0 Å². The third-order valence-electron chi connectivity index (χ3n) is 6.93. The molecule has 164 valence electrons. The third kappa shape index (κ3) is 4.80. The molecule has 2 aliphatic carbocycles. The van der Waals surface area contributed by atoms with Crippen LogP contribution in [0.5, 0.6) is 0 Å². The predicted molar refractivity (Wildman–Crippen MR) is 127 cm³/mol. The number of carboxylic acid groups (broad SMARTS) is 1. The minimum absolute atomic E-state index is 0.0367. The number of allylic oxidation sites excluding steroid dienone is 2. The van der Waals surface area contributed by atoms with Gasteiger partial charge in [-0.3, -0.25) is 4.79 Å². The standard InChI is InChI=1S/C24H33NO3S2/c1-16-7-9-18(10-8-16)23(26)25(19-11-13-29-14-12-19)20-15-21(30-22(20)24(27)28)17-5-3-2-4-6-17/h5,15-16,18-19H,2-4,6-14H2,1H3,(H,27,28)/t16-,18-. The van der Waals surface area contributed by atoms with Crippen LogP contribution in [0.15, 0.2) is 12.1 Å². The van der Waals surface area contributed by atoms with Gasteiger partial charge in [0.1, 0.15) is 4.88 Å². The Morgan fingerprint density at radius 3 is 2.43 bits per heavy atom. The Morgan fingerprint density at radius 1 is 1.07 bits per heavy atom. The minimum atomic E-state index is -0.905. The molecule has 1 aromatic rings. The van der Waals surface area contributed by atoms with Crippen LogP contribution in [0, 0.1) is 11.8 Å². The number of thioether (sulfide) groups is 1. The van der Waals surface area contributed by atoms with E-state index in [1.807, 2.05) is 22.7 Å². The molecule has 3 aliphatic rings. The maximum atomic E-state index is 13.8. The lowest BCUT2D eigenvalue weighted by molar-refractivity contribution is -0.124. The molecule has 1 aliphatic heterocycles. The van der Waals surface area contributed by atoms with E-state index in [-0.39, 0.29) is 17.9 Å². The minimum Gasteiger partial charge on any atom is -0.477 e. The number of nitrogens with zero attached hydrogens (tertiary/aromatic N) is 1. The Morgan fingerprint density at radius 2 is 1.80 bits per heavy atom. The molecular weight excluding hydrogens is 414 g/mol. The Bertz CT molecular complexity index is 801. The van der Waals surface area contributed by atoms with Crippen LogP contribution in [0.1, 0.15) is 85.7 Å². The van der Waals surface area contributed by atoms with Crippen LogP contribution in [0.4, 0.5) is 5.69 Å². The fraction of sp³-hybridized carbons (Fsp3) is 0.667. The van der Waals surface area contributed by atoms with Gasteiger partial charge in [0.25, 0.3) is 0 Å². The van der Waals surface area contributed by atoms with E-state index in [1.54, 1.807) is 0 Å². The summed E-state index contributed by atoms with van der Waals surface area (Å²) in [7, 11) is 0. The van der Waals surface area contributed by atoms with Crippen molar-refractivity contribution in [2.75, 3.05) is 16.4 Å². The topological polar surface area (TPSA) is 57.6 Å². The fourth-order valence-corrected chi connectivity index (χ4v) is 7.21. The largest absolute Gasteiger partial charge is 0.477 e. The molecule has 6 heteroatoms. The van der Waals surface area contributed by atoms with Crippen molar-refractivity contribution in [2.24, 2.45) is 11.8 Å². The molecule has 4 nitrogen and oxygen atoms in total. The molecule has 1 saturated carbocycles. The van der Waals surface area contributed by atoms with Crippen LogP contribution in [-0.4, -0.2) is 34.5 Å². The number of hydrogen-bond donors (Lipinski definition) is 1. The molecular formula is C24H33NO3S2. The van der Waals surface area contributed by atoms with Crippen molar-refractivity contribution in [3.63, 3.8) is 0 Å². The summed E-state index contributed by atoms with van der Waals surface area (Å²) in [5.41, 5.74) is 1.92. The van der Waals surface area contributed by atoms with E-state index < -0.39 is 5.97 Å². The molecule has 0 bridgehead atoms. The fourth-order valence-electron chi connectivity index (χ4n) is 5.08. The second-order valence-electron chi connectivity index (χ2n) is 9.11. The van der Waals surface area contributed by atoms with Crippen LogP contribution >= 0.6 is 23.1 Å². The Kier molecular flexibility index (Phi) is 7.24. The monoisotopic (exact) mass is 447 g/mol. The van der Waals surface area contributed by atoms with Gasteiger partial charge in [-0.15, -0.1) is 11.3 Å². The second kappa shape index (κ2) is 9.90. The van der Waals surface area contributed by atoms with Crippen LogP contribution in [-0.2, 0) is 4.79 Å². The average Bonchev–Trinajstić information content (AvgIpc) is 3.21. The summed E-state index contributed by atoms with van der Waals surface area (Å²) >= 11 is 3.30. The van der Waals surface area contributed by atoms with Crippen molar-refractivity contribution in [1.82, 2.24) is 0 Å². The van der Waals surface area contributed by atoms with Gasteiger partial charge >= 0.3 is 5.97 Å². The molecule has 0 aromatic carbocycles. The number of carboxylic acids is 1. The highest BCUT2D eigenvalue weighted by Gasteiger charge is 2.36. The molecule has 30 heavy (non-hydrogen) atoms. The van der Waals surface area contributed by atoms with Crippen molar-refractivity contribution in [1.29, 1.82) is 0 Å². The predicted octanol–water partition coefficient (Wildman–Crippen LogP) is 6.46. The van der Waals surface area contributed by atoms with Gasteiger partial charge in [-0.2, -0.15) is 11.8 Å². The maximum Gasteiger partial charge on any atom is 0.348 e. The molecule has 1 aromatic heterocycles. The van der Waals surface area contributed by atoms with E-state index >= 15 is 0 Å². The Balaban J connectivity index is 1.70. The lowest BCUT2D eigenvalue weighted by atomic mass is 9.82. The van der Waals surface area contributed by atoms with Crippen LogP contribution in [0.3, 0.4) is 0 Å². The van der Waals surface area contributed by atoms with Gasteiger partial charge in [-0.1, -0.05) is 13.0 Å². The summed E-state index contributed by atoms with van der Waals surface area (Å²) in [5, 5.41) is 10.0. The molecule has 0 atom stereocenters. The highest BCUT2D eigenvalue weighted by molar-refractivity contribution is 7.99. The number of aromatic carboxylic acids is 1. The number of carbonyl (C=O) groups is 2. The van der Waals surface area contributed by atoms with Gasteiger partial charge in [0, 0.05) is 16.8 Å². The van der Waals surface area contributed by atoms with Crippen LogP contribution in [0.2, 0.25) is 0 Å². The zero-order valence-electron chi connectivity index (χ0n) is 17.9. The van der Waals surface area contributed by atoms with Gasteiger partial charge in [-0.25, -0.2) is 4.79 Å². The summed E-state index contributed by atoms with van der Waals surface area (Å²) in [4.78, 5) is 29.3. The summed E-state index contributed by atoms with van der Waals surface area (Å²) in [5.74, 6) is 2.08. The normalized spacial score (nSPS) is 25.6. The van der Waals surface area contributed by atoms with Gasteiger partial charge in [0.2, 0.25) is 5.91 Å². The highest BCUT2D eigenvalue weighted by Crippen LogP contribution is 2.41. The summed E-state index contributed by atoms with van der Waals surface area (Å²) < 4.78 is 0. The zero-order chi connectivity index (χ0) is 21.1. The van der Waals surface area contributed by atoms with E-state index in [0.29, 0.717) is 16.5 Å². The number of anilines is 1. The second-order valence-corrected chi connectivity index (χ2v) is 11.4. The molecule has 0 unspecified atom stereocenters. The SMILES string of the molecule is C[C@H]1CC[C@H](C(=O)N(c2cc(C3=CCCCC3)sc2C(=O)O)C2CCSCC2)CC1. The third-order valence-corrected chi connectivity index (χ3v) is 9.17. The molecule has 1 amide bonds. The number of amides is 1.